The molecule has 0 aliphatic rings. The van der Waals surface area contributed by atoms with Crippen LogP contribution in [0.5, 0.6) is 0 Å². The Morgan fingerprint density at radius 1 is 0.722 bits per heavy atom. The van der Waals surface area contributed by atoms with Gasteiger partial charge < -0.3 is 0 Å². The summed E-state index contributed by atoms with van der Waals surface area (Å²) in [5, 5.41) is 0. The topological polar surface area (TPSA) is 0 Å². The van der Waals surface area contributed by atoms with Crippen LogP contribution in [0.15, 0.2) is 60.7 Å². The van der Waals surface area contributed by atoms with Crippen molar-refractivity contribution >= 4 is 7.85 Å². The van der Waals surface area contributed by atoms with E-state index in [2.05, 4.69) is 82.4 Å². The third-order valence-corrected chi connectivity index (χ3v) is 3.77. The lowest BCUT2D eigenvalue weighted by Gasteiger charge is -2.28. The molecule has 0 saturated heterocycles. The molecule has 0 radical (unpaired) electrons. The van der Waals surface area contributed by atoms with Gasteiger partial charge in [0.05, 0.1) is 0 Å². The van der Waals surface area contributed by atoms with Crippen molar-refractivity contribution in [2.24, 2.45) is 5.92 Å². The molecule has 0 heterocycles. The third kappa shape index (κ3) is 2.84. The molecule has 2 aromatic rings. The Morgan fingerprint density at radius 3 is 1.61 bits per heavy atom. The van der Waals surface area contributed by atoms with Gasteiger partial charge in [0.25, 0.3) is 0 Å². The Hall–Kier alpha value is -1.50. The summed E-state index contributed by atoms with van der Waals surface area (Å²) < 4.78 is 0. The molecule has 92 valence electrons. The Bertz CT molecular complexity index is 461. The van der Waals surface area contributed by atoms with Crippen molar-refractivity contribution in [2.75, 3.05) is 0 Å². The summed E-state index contributed by atoms with van der Waals surface area (Å²) in [5.74, 6) is 1.77. The minimum absolute atomic E-state index is 0.550. The Balaban J connectivity index is 2.32. The van der Waals surface area contributed by atoms with Crippen LogP contribution in [0, 0.1) is 5.92 Å². The molecule has 0 aromatic heterocycles. The van der Waals surface area contributed by atoms with Crippen LogP contribution in [-0.4, -0.2) is 7.85 Å². The van der Waals surface area contributed by atoms with Crippen LogP contribution < -0.4 is 0 Å². The summed E-state index contributed by atoms with van der Waals surface area (Å²) in [4.78, 5) is 0. The predicted octanol–water partition coefficient (Wildman–Crippen LogP) is 3.80. The average molecular weight is 236 g/mol. The lowest BCUT2D eigenvalue weighted by molar-refractivity contribution is 0.483. The van der Waals surface area contributed by atoms with Gasteiger partial charge >= 0.3 is 0 Å². The molecule has 2 unspecified atom stereocenters. The molecule has 2 atom stereocenters. The Labute approximate surface area is 111 Å². The lowest BCUT2D eigenvalue weighted by Crippen LogP contribution is -2.17. The van der Waals surface area contributed by atoms with Gasteiger partial charge in [0.15, 0.2) is 0 Å². The van der Waals surface area contributed by atoms with Crippen molar-refractivity contribution in [1.82, 2.24) is 0 Å². The van der Waals surface area contributed by atoms with E-state index >= 15 is 0 Å². The molecule has 0 N–H and O–H groups in total. The van der Waals surface area contributed by atoms with Crippen LogP contribution in [0.1, 0.15) is 36.7 Å². The van der Waals surface area contributed by atoms with Crippen LogP contribution in [-0.2, 0) is 0 Å². The molecule has 0 spiro atoms. The summed E-state index contributed by atoms with van der Waals surface area (Å²) in [6, 6.07) is 21.7. The highest BCUT2D eigenvalue weighted by Gasteiger charge is 2.23. The van der Waals surface area contributed by atoms with E-state index in [9.17, 15) is 0 Å². The SMILES string of the molecule is BC(c1ccccc1)C(c1ccccc1)C(C)C. The van der Waals surface area contributed by atoms with Crippen molar-refractivity contribution < 1.29 is 0 Å². The van der Waals surface area contributed by atoms with Crippen LogP contribution >= 0.6 is 0 Å². The fourth-order valence-corrected chi connectivity index (χ4v) is 2.89. The van der Waals surface area contributed by atoms with Crippen LogP contribution in [0.25, 0.3) is 0 Å². The maximum absolute atomic E-state index is 2.34. The van der Waals surface area contributed by atoms with Crippen molar-refractivity contribution in [3.05, 3.63) is 71.8 Å². The van der Waals surface area contributed by atoms with Crippen molar-refractivity contribution in [3.63, 3.8) is 0 Å². The molecule has 2 aromatic carbocycles. The molecule has 0 nitrogen and oxygen atoms in total. The predicted molar refractivity (Wildman–Crippen MR) is 81.7 cm³/mol. The van der Waals surface area contributed by atoms with Crippen LogP contribution in [0.3, 0.4) is 0 Å². The highest BCUT2D eigenvalue weighted by molar-refractivity contribution is 6.13. The van der Waals surface area contributed by atoms with Crippen LogP contribution in [0.4, 0.5) is 0 Å². The van der Waals surface area contributed by atoms with Gasteiger partial charge in [-0.05, 0) is 23.2 Å². The minimum atomic E-state index is 0.550. The monoisotopic (exact) mass is 236 g/mol. The van der Waals surface area contributed by atoms with E-state index in [1.807, 2.05) is 0 Å². The van der Waals surface area contributed by atoms with E-state index in [0.29, 0.717) is 17.7 Å². The number of benzene rings is 2. The first-order chi connectivity index (χ1) is 8.70. The van der Waals surface area contributed by atoms with E-state index in [-0.39, 0.29) is 0 Å². The summed E-state index contributed by atoms with van der Waals surface area (Å²) in [5.41, 5.74) is 2.88. The van der Waals surface area contributed by atoms with Crippen LogP contribution in [0.2, 0.25) is 0 Å². The van der Waals surface area contributed by atoms with E-state index in [4.69, 9.17) is 0 Å². The van der Waals surface area contributed by atoms with Gasteiger partial charge in [-0.15, -0.1) is 0 Å². The van der Waals surface area contributed by atoms with Gasteiger partial charge in [-0.2, -0.15) is 0 Å². The normalized spacial score (nSPS) is 14.4. The standard InChI is InChI=1S/C17H21B/c1-13(2)16(14-9-5-3-6-10-14)17(18)15-11-7-4-8-12-15/h3-13,16-17H,18H2,1-2H3. The van der Waals surface area contributed by atoms with E-state index in [1.54, 1.807) is 0 Å². The Kier molecular flexibility index (Phi) is 4.25. The summed E-state index contributed by atoms with van der Waals surface area (Å²) in [7, 11) is 2.34. The highest BCUT2D eigenvalue weighted by atomic mass is 14.2. The Morgan fingerprint density at radius 2 is 1.17 bits per heavy atom. The summed E-state index contributed by atoms with van der Waals surface area (Å²) >= 11 is 0. The van der Waals surface area contributed by atoms with Crippen molar-refractivity contribution in [1.29, 1.82) is 0 Å². The smallest absolute Gasteiger partial charge is 0.0622 e. The van der Waals surface area contributed by atoms with E-state index in [0.717, 1.165) is 0 Å². The number of rotatable bonds is 4. The molecule has 0 amide bonds. The molecule has 0 bridgehead atoms. The van der Waals surface area contributed by atoms with Gasteiger partial charge in [0, 0.05) is 0 Å². The first kappa shape index (κ1) is 12.9. The molecule has 0 aliphatic heterocycles. The number of hydrogen-bond donors (Lipinski definition) is 0. The second kappa shape index (κ2) is 5.90. The van der Waals surface area contributed by atoms with Crippen molar-refractivity contribution in [3.8, 4) is 0 Å². The lowest BCUT2D eigenvalue weighted by atomic mass is 9.65. The van der Waals surface area contributed by atoms with Gasteiger partial charge in [0.1, 0.15) is 7.85 Å². The first-order valence-electron chi connectivity index (χ1n) is 6.80. The molecule has 18 heavy (non-hydrogen) atoms. The molecule has 2 rings (SSSR count). The molecule has 0 saturated carbocycles. The average Bonchev–Trinajstić information content (AvgIpc) is 2.40. The minimum Gasteiger partial charge on any atom is -0.0622 e. The number of hydrogen-bond acceptors (Lipinski definition) is 0. The van der Waals surface area contributed by atoms with Gasteiger partial charge in [-0.25, -0.2) is 0 Å². The fourth-order valence-electron chi connectivity index (χ4n) is 2.89. The second-order valence-electron chi connectivity index (χ2n) is 5.38. The second-order valence-corrected chi connectivity index (χ2v) is 5.38. The largest absolute Gasteiger partial charge is 0.111 e. The molecule has 0 aliphatic carbocycles. The third-order valence-electron chi connectivity index (χ3n) is 3.77. The quantitative estimate of drug-likeness (QED) is 0.708. The maximum atomic E-state index is 2.34. The van der Waals surface area contributed by atoms with Crippen molar-refractivity contribution in [2.45, 2.75) is 25.6 Å². The van der Waals surface area contributed by atoms with Gasteiger partial charge in [-0.1, -0.05) is 80.1 Å². The maximum Gasteiger partial charge on any atom is 0.111 e. The molecular weight excluding hydrogens is 215 g/mol. The van der Waals surface area contributed by atoms with E-state index < -0.39 is 0 Å². The molecule has 0 fully saturated rings. The zero-order valence-electron chi connectivity index (χ0n) is 11.5. The molecule has 1 heteroatoms. The highest BCUT2D eigenvalue weighted by Crippen LogP contribution is 2.36. The summed E-state index contributed by atoms with van der Waals surface area (Å²) in [6.07, 6.45) is 0. The van der Waals surface area contributed by atoms with Gasteiger partial charge in [-0.3, -0.25) is 0 Å². The molecular formula is C17H21B. The van der Waals surface area contributed by atoms with E-state index in [1.165, 1.54) is 11.1 Å². The zero-order chi connectivity index (χ0) is 13.0. The zero-order valence-corrected chi connectivity index (χ0v) is 11.5. The first-order valence-corrected chi connectivity index (χ1v) is 6.80. The van der Waals surface area contributed by atoms with Gasteiger partial charge in [0.2, 0.25) is 0 Å². The summed E-state index contributed by atoms with van der Waals surface area (Å²) in [6.45, 7) is 4.63. The fraction of sp³-hybridized carbons (Fsp3) is 0.294.